The van der Waals surface area contributed by atoms with Crippen LogP contribution >= 0.6 is 0 Å². The standard InChI is InChI=1S/C23H19N3O2/c1-28-22-14-20-19(13-21(22)27)23(25-15-24-20)26-18-11-9-17(10-12-18)8-7-16-5-3-2-4-6-16/h2-15,27H,1H3,(H,24,25,26)/b8-7+. The Bertz CT molecular complexity index is 1120. The summed E-state index contributed by atoms with van der Waals surface area (Å²) in [4.78, 5) is 8.56. The molecule has 5 heteroatoms. The van der Waals surface area contributed by atoms with Crippen molar-refractivity contribution in [2.24, 2.45) is 0 Å². The number of benzene rings is 3. The van der Waals surface area contributed by atoms with Crippen LogP contribution in [-0.2, 0) is 0 Å². The number of methoxy groups -OCH3 is 1. The summed E-state index contributed by atoms with van der Waals surface area (Å²) >= 11 is 0. The smallest absolute Gasteiger partial charge is 0.162 e. The second kappa shape index (κ2) is 7.80. The van der Waals surface area contributed by atoms with E-state index < -0.39 is 0 Å². The Morgan fingerprint density at radius 3 is 2.32 bits per heavy atom. The predicted molar refractivity (Wildman–Crippen MR) is 113 cm³/mol. The van der Waals surface area contributed by atoms with E-state index in [1.54, 1.807) is 12.1 Å². The molecule has 0 aliphatic carbocycles. The van der Waals surface area contributed by atoms with Crippen molar-refractivity contribution >= 4 is 34.6 Å². The molecule has 4 rings (SSSR count). The zero-order chi connectivity index (χ0) is 19.3. The number of rotatable bonds is 5. The van der Waals surface area contributed by atoms with Gasteiger partial charge in [0.1, 0.15) is 12.1 Å². The predicted octanol–water partition coefficient (Wildman–Crippen LogP) is 5.26. The van der Waals surface area contributed by atoms with E-state index in [1.165, 1.54) is 13.4 Å². The van der Waals surface area contributed by atoms with Crippen molar-refractivity contribution in [1.82, 2.24) is 9.97 Å². The number of anilines is 2. The van der Waals surface area contributed by atoms with Gasteiger partial charge in [0.05, 0.1) is 12.6 Å². The van der Waals surface area contributed by atoms with Crippen molar-refractivity contribution in [1.29, 1.82) is 0 Å². The molecule has 0 saturated carbocycles. The Labute approximate surface area is 163 Å². The molecule has 0 saturated heterocycles. The summed E-state index contributed by atoms with van der Waals surface area (Å²) in [5.41, 5.74) is 3.85. The van der Waals surface area contributed by atoms with E-state index in [0.717, 1.165) is 16.8 Å². The molecule has 4 aromatic rings. The van der Waals surface area contributed by atoms with E-state index >= 15 is 0 Å². The Hall–Kier alpha value is -3.86. The maximum atomic E-state index is 10.1. The molecule has 3 aromatic carbocycles. The number of hydrogen-bond acceptors (Lipinski definition) is 5. The number of phenolic OH excluding ortho intramolecular Hbond substituents is 1. The fraction of sp³-hybridized carbons (Fsp3) is 0.0435. The van der Waals surface area contributed by atoms with Crippen LogP contribution in [0.25, 0.3) is 23.1 Å². The first-order chi connectivity index (χ1) is 13.7. The monoisotopic (exact) mass is 369 g/mol. The Kier molecular flexibility index (Phi) is 4.89. The quantitative estimate of drug-likeness (QED) is 0.470. The molecule has 0 fully saturated rings. The highest BCUT2D eigenvalue weighted by Crippen LogP contribution is 2.33. The van der Waals surface area contributed by atoms with Crippen molar-refractivity contribution in [3.63, 3.8) is 0 Å². The summed E-state index contributed by atoms with van der Waals surface area (Å²) in [5.74, 6) is 1.05. The van der Waals surface area contributed by atoms with Crippen LogP contribution < -0.4 is 10.1 Å². The third-order valence-electron chi connectivity index (χ3n) is 4.38. The molecule has 0 radical (unpaired) electrons. The van der Waals surface area contributed by atoms with Gasteiger partial charge in [-0.25, -0.2) is 9.97 Å². The molecule has 0 spiro atoms. The molecule has 0 bridgehead atoms. The fourth-order valence-corrected chi connectivity index (χ4v) is 2.91. The van der Waals surface area contributed by atoms with Gasteiger partial charge in [0.25, 0.3) is 0 Å². The van der Waals surface area contributed by atoms with E-state index in [4.69, 9.17) is 4.74 Å². The minimum absolute atomic E-state index is 0.0502. The lowest BCUT2D eigenvalue weighted by atomic mass is 10.1. The SMILES string of the molecule is COc1cc2ncnc(Nc3ccc(/C=C/c4ccccc4)cc3)c2cc1O. The van der Waals surface area contributed by atoms with Gasteiger partial charge in [-0.15, -0.1) is 0 Å². The van der Waals surface area contributed by atoms with Crippen LogP contribution in [0.2, 0.25) is 0 Å². The summed E-state index contributed by atoms with van der Waals surface area (Å²) in [6.07, 6.45) is 5.64. The maximum Gasteiger partial charge on any atom is 0.162 e. The minimum Gasteiger partial charge on any atom is -0.504 e. The van der Waals surface area contributed by atoms with Gasteiger partial charge in [0, 0.05) is 17.1 Å². The van der Waals surface area contributed by atoms with E-state index in [-0.39, 0.29) is 5.75 Å². The number of aromatic hydroxyl groups is 1. The van der Waals surface area contributed by atoms with Gasteiger partial charge in [-0.05, 0) is 29.3 Å². The van der Waals surface area contributed by atoms with E-state index in [0.29, 0.717) is 22.5 Å². The third-order valence-corrected chi connectivity index (χ3v) is 4.38. The molecule has 28 heavy (non-hydrogen) atoms. The number of ether oxygens (including phenoxy) is 1. The molecule has 0 aliphatic heterocycles. The normalized spacial score (nSPS) is 11.0. The van der Waals surface area contributed by atoms with E-state index in [9.17, 15) is 5.11 Å². The fourth-order valence-electron chi connectivity index (χ4n) is 2.91. The molecule has 2 N–H and O–H groups in total. The number of phenols is 1. The zero-order valence-electron chi connectivity index (χ0n) is 15.3. The molecule has 1 heterocycles. The molecule has 0 unspecified atom stereocenters. The summed E-state index contributed by atoms with van der Waals surface area (Å²) in [6, 6.07) is 21.5. The molecule has 0 atom stereocenters. The molecular weight excluding hydrogens is 350 g/mol. The summed E-state index contributed by atoms with van der Waals surface area (Å²) in [7, 11) is 1.51. The molecule has 1 aromatic heterocycles. The van der Waals surface area contributed by atoms with Gasteiger partial charge in [-0.2, -0.15) is 0 Å². The Morgan fingerprint density at radius 1 is 0.893 bits per heavy atom. The minimum atomic E-state index is 0.0502. The van der Waals surface area contributed by atoms with Crippen LogP contribution in [0.15, 0.2) is 73.1 Å². The third kappa shape index (κ3) is 3.78. The average molecular weight is 369 g/mol. The van der Waals surface area contributed by atoms with Crippen LogP contribution in [0.4, 0.5) is 11.5 Å². The number of hydrogen-bond donors (Lipinski definition) is 2. The second-order valence-electron chi connectivity index (χ2n) is 6.25. The first-order valence-electron chi connectivity index (χ1n) is 8.85. The number of nitrogens with one attached hydrogen (secondary N) is 1. The van der Waals surface area contributed by atoms with Crippen LogP contribution in [0.5, 0.6) is 11.5 Å². The number of aromatic nitrogens is 2. The summed E-state index contributed by atoms with van der Waals surface area (Å²) in [5, 5.41) is 14.1. The zero-order valence-corrected chi connectivity index (χ0v) is 15.3. The van der Waals surface area contributed by atoms with Gasteiger partial charge in [-0.3, -0.25) is 0 Å². The molecule has 0 amide bonds. The number of fused-ring (bicyclic) bond motifs is 1. The average Bonchev–Trinajstić information content (AvgIpc) is 2.74. The van der Waals surface area contributed by atoms with Crippen LogP contribution in [0.3, 0.4) is 0 Å². The Balaban J connectivity index is 1.56. The van der Waals surface area contributed by atoms with E-state index in [1.807, 2.05) is 42.5 Å². The highest BCUT2D eigenvalue weighted by Gasteiger charge is 2.09. The lowest BCUT2D eigenvalue weighted by molar-refractivity contribution is 0.374. The molecule has 0 aliphatic rings. The van der Waals surface area contributed by atoms with Crippen LogP contribution in [0, 0.1) is 0 Å². The van der Waals surface area contributed by atoms with Crippen molar-refractivity contribution in [2.75, 3.05) is 12.4 Å². The second-order valence-corrected chi connectivity index (χ2v) is 6.25. The topological polar surface area (TPSA) is 67.3 Å². The van der Waals surface area contributed by atoms with Crippen molar-refractivity contribution in [3.05, 3.63) is 84.2 Å². The van der Waals surface area contributed by atoms with Gasteiger partial charge < -0.3 is 15.2 Å². The number of nitrogens with zero attached hydrogens (tertiary/aromatic N) is 2. The lowest BCUT2D eigenvalue weighted by Gasteiger charge is -2.10. The van der Waals surface area contributed by atoms with Crippen molar-refractivity contribution < 1.29 is 9.84 Å². The van der Waals surface area contributed by atoms with Gasteiger partial charge in [0.2, 0.25) is 0 Å². The molecular formula is C23H19N3O2. The summed E-state index contributed by atoms with van der Waals surface area (Å²) in [6.45, 7) is 0. The lowest BCUT2D eigenvalue weighted by Crippen LogP contribution is -1.96. The van der Waals surface area contributed by atoms with Gasteiger partial charge in [-0.1, -0.05) is 54.6 Å². The summed E-state index contributed by atoms with van der Waals surface area (Å²) < 4.78 is 5.14. The first-order valence-corrected chi connectivity index (χ1v) is 8.85. The van der Waals surface area contributed by atoms with E-state index in [2.05, 4.69) is 39.6 Å². The first kappa shape index (κ1) is 17.5. The molecule has 5 nitrogen and oxygen atoms in total. The Morgan fingerprint density at radius 2 is 1.61 bits per heavy atom. The largest absolute Gasteiger partial charge is 0.504 e. The highest BCUT2D eigenvalue weighted by molar-refractivity contribution is 5.93. The van der Waals surface area contributed by atoms with Crippen LogP contribution in [-0.4, -0.2) is 22.2 Å². The van der Waals surface area contributed by atoms with Gasteiger partial charge in [0.15, 0.2) is 11.5 Å². The van der Waals surface area contributed by atoms with Crippen molar-refractivity contribution in [2.45, 2.75) is 0 Å². The maximum absolute atomic E-state index is 10.1. The van der Waals surface area contributed by atoms with Crippen LogP contribution in [0.1, 0.15) is 11.1 Å². The van der Waals surface area contributed by atoms with Gasteiger partial charge >= 0.3 is 0 Å². The highest BCUT2D eigenvalue weighted by atomic mass is 16.5. The van der Waals surface area contributed by atoms with Crippen molar-refractivity contribution in [3.8, 4) is 11.5 Å². The molecule has 138 valence electrons.